The van der Waals surface area contributed by atoms with Crippen LogP contribution in [-0.4, -0.2) is 91.9 Å². The molecular weight excluding hydrogens is 569 g/mol. The van der Waals surface area contributed by atoms with Crippen molar-refractivity contribution in [1.82, 2.24) is 14.8 Å². The van der Waals surface area contributed by atoms with E-state index in [0.29, 0.717) is 13.0 Å². The van der Waals surface area contributed by atoms with Crippen molar-refractivity contribution in [3.8, 4) is 16.9 Å². The van der Waals surface area contributed by atoms with Gasteiger partial charge in [-0.05, 0) is 67.6 Å². The number of anilines is 2. The lowest BCUT2D eigenvalue weighted by Gasteiger charge is -2.40. The lowest BCUT2D eigenvalue weighted by atomic mass is 9.82. The summed E-state index contributed by atoms with van der Waals surface area (Å²) in [4.78, 5) is 24.3. The Bertz CT molecular complexity index is 1430. The van der Waals surface area contributed by atoms with E-state index < -0.39 is 5.97 Å². The molecule has 0 saturated carbocycles. The minimum atomic E-state index is -0.856. The molecule has 2 saturated heterocycles. The van der Waals surface area contributed by atoms with Gasteiger partial charge in [-0.15, -0.1) is 0 Å². The highest BCUT2D eigenvalue weighted by atomic mass is 19.1. The Kier molecular flexibility index (Phi) is 10.6. The van der Waals surface area contributed by atoms with Crippen molar-refractivity contribution in [1.29, 1.82) is 0 Å². The molecular formula is C36H48FN5O3. The number of aromatic nitrogens is 1. The third-order valence-corrected chi connectivity index (χ3v) is 9.27. The number of likely N-dealkylation sites (N-methyl/N-ethyl adjacent to an activating group) is 1. The number of nitrogens with zero attached hydrogens (tertiary/aromatic N) is 4. The van der Waals surface area contributed by atoms with Gasteiger partial charge in [0.25, 0.3) is 0 Å². The van der Waals surface area contributed by atoms with Gasteiger partial charge in [0.15, 0.2) is 0 Å². The Hall–Kier alpha value is -3.69. The second kappa shape index (κ2) is 14.6. The molecule has 3 aromatic rings. The van der Waals surface area contributed by atoms with E-state index in [0.717, 1.165) is 110 Å². The molecule has 0 unspecified atom stereocenters. The summed E-state index contributed by atoms with van der Waals surface area (Å²) in [5, 5.41) is 13.6. The average Bonchev–Trinajstić information content (AvgIpc) is 3.01. The highest BCUT2D eigenvalue weighted by molar-refractivity contribution is 5.91. The average molecular weight is 618 g/mol. The molecule has 2 aromatic carbocycles. The summed E-state index contributed by atoms with van der Waals surface area (Å²) >= 11 is 0. The summed E-state index contributed by atoms with van der Waals surface area (Å²) in [6, 6.07) is 14.5. The number of nitrogens with one attached hydrogen (secondary N) is 1. The number of pyridine rings is 1. The fourth-order valence-electron chi connectivity index (χ4n) is 6.23. The minimum absolute atomic E-state index is 0.0762. The third-order valence-electron chi connectivity index (χ3n) is 9.27. The van der Waals surface area contributed by atoms with Gasteiger partial charge in [-0.25, -0.2) is 9.37 Å². The lowest BCUT2D eigenvalue weighted by molar-refractivity contribution is -0.136. The van der Waals surface area contributed by atoms with Crippen LogP contribution in [0.5, 0.6) is 5.75 Å². The second-order valence-electron chi connectivity index (χ2n) is 13.3. The zero-order chi connectivity index (χ0) is 32.0. The Labute approximate surface area is 267 Å². The van der Waals surface area contributed by atoms with Crippen molar-refractivity contribution in [2.45, 2.75) is 46.5 Å². The number of hydrogen-bond donors (Lipinski definition) is 2. The maximum absolute atomic E-state index is 13.3. The van der Waals surface area contributed by atoms with Crippen LogP contribution in [0.1, 0.15) is 43.5 Å². The molecule has 242 valence electrons. The topological polar surface area (TPSA) is 81.2 Å². The summed E-state index contributed by atoms with van der Waals surface area (Å²) in [5.74, 6) is 0.441. The van der Waals surface area contributed by atoms with Gasteiger partial charge in [0.1, 0.15) is 17.4 Å². The molecule has 2 N–H and O–H groups in total. The third kappa shape index (κ3) is 8.73. The predicted molar refractivity (Wildman–Crippen MR) is 179 cm³/mol. The zero-order valence-corrected chi connectivity index (χ0v) is 27.2. The van der Waals surface area contributed by atoms with Gasteiger partial charge in [0.2, 0.25) is 0 Å². The molecule has 1 aromatic heterocycles. The zero-order valence-electron chi connectivity index (χ0n) is 27.2. The van der Waals surface area contributed by atoms with Crippen LogP contribution < -0.4 is 15.0 Å². The molecule has 0 amide bonds. The minimum Gasteiger partial charge on any atom is -0.493 e. The number of halogens is 1. The number of rotatable bonds is 12. The summed E-state index contributed by atoms with van der Waals surface area (Å²) < 4.78 is 19.3. The highest BCUT2D eigenvalue weighted by Crippen LogP contribution is 2.43. The number of ether oxygens (including phenoxy) is 1. The fourth-order valence-corrected chi connectivity index (χ4v) is 6.23. The van der Waals surface area contributed by atoms with Gasteiger partial charge < -0.3 is 25.0 Å². The van der Waals surface area contributed by atoms with E-state index >= 15 is 0 Å². The summed E-state index contributed by atoms with van der Waals surface area (Å²) in [6.07, 6.45) is 2.67. The van der Waals surface area contributed by atoms with E-state index in [9.17, 15) is 14.3 Å². The molecule has 0 bridgehead atoms. The molecule has 0 spiro atoms. The first-order valence-electron chi connectivity index (χ1n) is 16.2. The van der Waals surface area contributed by atoms with E-state index in [1.54, 1.807) is 12.1 Å². The maximum atomic E-state index is 13.3. The Morgan fingerprint density at radius 3 is 2.31 bits per heavy atom. The molecule has 8 nitrogen and oxygen atoms in total. The molecule has 0 atom stereocenters. The Morgan fingerprint density at radius 2 is 1.67 bits per heavy atom. The van der Waals surface area contributed by atoms with E-state index in [2.05, 4.69) is 40.9 Å². The van der Waals surface area contributed by atoms with E-state index in [1.807, 2.05) is 31.2 Å². The number of aliphatic carboxylic acids is 1. The molecule has 3 heterocycles. The van der Waals surface area contributed by atoms with Crippen molar-refractivity contribution in [2.75, 3.05) is 76.2 Å². The van der Waals surface area contributed by atoms with Gasteiger partial charge in [-0.3, -0.25) is 9.69 Å². The first-order valence-corrected chi connectivity index (χ1v) is 16.2. The van der Waals surface area contributed by atoms with Crippen LogP contribution in [0.3, 0.4) is 0 Å². The highest BCUT2D eigenvalue weighted by Gasteiger charge is 2.31. The number of aryl methyl sites for hydroxylation is 1. The van der Waals surface area contributed by atoms with Crippen LogP contribution in [0.25, 0.3) is 11.1 Å². The summed E-state index contributed by atoms with van der Waals surface area (Å²) in [6.45, 7) is 14.7. The number of benzene rings is 2. The van der Waals surface area contributed by atoms with Gasteiger partial charge >= 0.3 is 5.97 Å². The largest absolute Gasteiger partial charge is 0.493 e. The SMILES string of the molecule is Cc1nc(NCCN2CCN(C)CC2)c(-c2ccc(OCCc3ccc(F)cc3)cc2)c(N2CCC(C)(C)CC2)c1CC(=O)O. The molecule has 2 aliphatic rings. The Morgan fingerprint density at radius 1 is 1.00 bits per heavy atom. The number of piperazine rings is 1. The lowest BCUT2D eigenvalue weighted by Crippen LogP contribution is -2.45. The van der Waals surface area contributed by atoms with Crippen molar-refractivity contribution in [3.63, 3.8) is 0 Å². The van der Waals surface area contributed by atoms with Gasteiger partial charge in [0.05, 0.1) is 18.7 Å². The molecule has 0 radical (unpaired) electrons. The second-order valence-corrected chi connectivity index (χ2v) is 13.3. The van der Waals surface area contributed by atoms with Crippen molar-refractivity contribution < 1.29 is 19.0 Å². The van der Waals surface area contributed by atoms with Crippen molar-refractivity contribution in [2.24, 2.45) is 5.41 Å². The number of carbonyl (C=O) groups is 1. The van der Waals surface area contributed by atoms with Crippen LogP contribution in [0.2, 0.25) is 0 Å². The molecule has 2 fully saturated rings. The summed E-state index contributed by atoms with van der Waals surface area (Å²) in [7, 11) is 2.17. The van der Waals surface area contributed by atoms with E-state index in [4.69, 9.17) is 9.72 Å². The quantitative estimate of drug-likeness (QED) is 0.267. The maximum Gasteiger partial charge on any atom is 0.307 e. The smallest absolute Gasteiger partial charge is 0.307 e. The van der Waals surface area contributed by atoms with Crippen LogP contribution >= 0.6 is 0 Å². The fraction of sp³-hybridized carbons (Fsp3) is 0.500. The normalized spacial score (nSPS) is 17.3. The molecule has 5 rings (SSSR count). The van der Waals surface area contributed by atoms with E-state index in [-0.39, 0.29) is 17.7 Å². The Balaban J connectivity index is 1.44. The van der Waals surface area contributed by atoms with E-state index in [1.165, 1.54) is 12.1 Å². The van der Waals surface area contributed by atoms with Crippen molar-refractivity contribution in [3.05, 3.63) is 71.2 Å². The van der Waals surface area contributed by atoms with Gasteiger partial charge in [-0.2, -0.15) is 0 Å². The molecule has 45 heavy (non-hydrogen) atoms. The van der Waals surface area contributed by atoms with Gasteiger partial charge in [0, 0.05) is 75.6 Å². The standard InChI is InChI=1S/C36H48FN5O3/c1-26-31(25-32(43)44)34(42-17-14-36(2,3)15-18-42)33(35(39-26)38-16-19-41-22-20-40(4)21-23-41)28-7-11-30(12-8-28)45-24-13-27-5-9-29(37)10-6-27/h5-12H,13-25H2,1-4H3,(H,38,39)(H,43,44). The van der Waals surface area contributed by atoms with Crippen LogP contribution in [0.4, 0.5) is 15.9 Å². The van der Waals surface area contributed by atoms with Crippen LogP contribution in [-0.2, 0) is 17.6 Å². The van der Waals surface area contributed by atoms with Crippen LogP contribution in [0, 0.1) is 18.2 Å². The number of carboxylic acid groups (broad SMARTS) is 1. The first kappa shape index (κ1) is 32.7. The van der Waals surface area contributed by atoms with Crippen LogP contribution in [0.15, 0.2) is 48.5 Å². The number of hydrogen-bond acceptors (Lipinski definition) is 7. The predicted octanol–water partition coefficient (Wildman–Crippen LogP) is 5.73. The summed E-state index contributed by atoms with van der Waals surface area (Å²) in [5.41, 5.74) is 5.71. The monoisotopic (exact) mass is 617 g/mol. The van der Waals surface area contributed by atoms with Crippen molar-refractivity contribution >= 4 is 17.5 Å². The first-order chi connectivity index (χ1) is 21.6. The number of carboxylic acids is 1. The van der Waals surface area contributed by atoms with Gasteiger partial charge in [-0.1, -0.05) is 38.1 Å². The molecule has 9 heteroatoms. The number of piperidine rings is 1. The molecule has 0 aliphatic carbocycles. The molecule has 2 aliphatic heterocycles.